The molecule has 0 saturated carbocycles. The summed E-state index contributed by atoms with van der Waals surface area (Å²) in [6.07, 6.45) is -2.26. The van der Waals surface area contributed by atoms with E-state index in [1.54, 1.807) is 13.0 Å². The number of carbonyl (C=O) groups excluding carboxylic acids is 1. The summed E-state index contributed by atoms with van der Waals surface area (Å²) in [6, 6.07) is 6.12. The summed E-state index contributed by atoms with van der Waals surface area (Å²) < 4.78 is 38.5. The van der Waals surface area contributed by atoms with Crippen molar-refractivity contribution in [3.63, 3.8) is 0 Å². The lowest BCUT2D eigenvalue weighted by Crippen LogP contribution is -2.35. The van der Waals surface area contributed by atoms with E-state index in [9.17, 15) is 18.0 Å². The molecule has 27 heavy (non-hydrogen) atoms. The number of rotatable bonds is 3. The molecule has 0 radical (unpaired) electrons. The van der Waals surface area contributed by atoms with Gasteiger partial charge in [0.15, 0.2) is 0 Å². The Hall–Kier alpha value is -2.64. The van der Waals surface area contributed by atoms with Gasteiger partial charge >= 0.3 is 6.18 Å². The van der Waals surface area contributed by atoms with Gasteiger partial charge in [-0.2, -0.15) is 13.2 Å². The zero-order valence-electron chi connectivity index (χ0n) is 15.2. The van der Waals surface area contributed by atoms with Crippen LogP contribution < -0.4 is 10.2 Å². The predicted molar refractivity (Wildman–Crippen MR) is 96.8 cm³/mol. The highest BCUT2D eigenvalue weighted by Crippen LogP contribution is 2.30. The number of amides is 1. The fourth-order valence-corrected chi connectivity index (χ4v) is 3.20. The van der Waals surface area contributed by atoms with Crippen molar-refractivity contribution in [3.05, 3.63) is 47.4 Å². The van der Waals surface area contributed by atoms with E-state index in [0.717, 1.165) is 38.1 Å². The Labute approximate surface area is 155 Å². The number of aromatic nitrogens is 2. The number of nitrogens with zero attached hydrogens (tertiary/aromatic N) is 3. The summed E-state index contributed by atoms with van der Waals surface area (Å²) in [6.45, 7) is 5.57. The van der Waals surface area contributed by atoms with Gasteiger partial charge in [-0.3, -0.25) is 4.79 Å². The number of benzene rings is 1. The van der Waals surface area contributed by atoms with Crippen LogP contribution in [0.25, 0.3) is 0 Å². The SMILES string of the molecule is Cc1nc(C(=O)Nc2cccc(C(F)(F)F)c2)cc(N2CCCC(C)C2)n1. The summed E-state index contributed by atoms with van der Waals surface area (Å²) in [5.41, 5.74) is -0.616. The molecule has 0 bridgehead atoms. The first kappa shape index (κ1) is 19.1. The molecule has 1 aromatic carbocycles. The van der Waals surface area contributed by atoms with Gasteiger partial charge in [-0.15, -0.1) is 0 Å². The molecule has 1 saturated heterocycles. The van der Waals surface area contributed by atoms with Crippen LogP contribution in [-0.4, -0.2) is 29.0 Å². The zero-order valence-corrected chi connectivity index (χ0v) is 15.2. The molecule has 1 unspecified atom stereocenters. The van der Waals surface area contributed by atoms with Crippen LogP contribution in [0.15, 0.2) is 30.3 Å². The lowest BCUT2D eigenvalue weighted by Gasteiger charge is -2.32. The third kappa shape index (κ3) is 4.75. The van der Waals surface area contributed by atoms with Gasteiger partial charge in [0.05, 0.1) is 5.56 Å². The molecular formula is C19H21F3N4O. The number of nitrogens with one attached hydrogen (secondary N) is 1. The maximum atomic E-state index is 12.8. The molecule has 3 rings (SSSR count). The molecule has 1 aromatic heterocycles. The average molecular weight is 378 g/mol. The Morgan fingerprint density at radius 2 is 2.04 bits per heavy atom. The van der Waals surface area contributed by atoms with Crippen LogP contribution in [0.1, 0.15) is 41.6 Å². The summed E-state index contributed by atoms with van der Waals surface area (Å²) >= 11 is 0. The molecule has 1 aliphatic rings. The third-order valence-electron chi connectivity index (χ3n) is 4.49. The van der Waals surface area contributed by atoms with Crippen molar-refractivity contribution in [1.82, 2.24) is 9.97 Å². The van der Waals surface area contributed by atoms with Crippen molar-refractivity contribution in [2.24, 2.45) is 5.92 Å². The molecule has 2 aromatic rings. The van der Waals surface area contributed by atoms with Crippen LogP contribution in [0, 0.1) is 12.8 Å². The van der Waals surface area contributed by atoms with E-state index in [4.69, 9.17) is 0 Å². The molecule has 1 amide bonds. The lowest BCUT2D eigenvalue weighted by atomic mass is 10.0. The number of hydrogen-bond acceptors (Lipinski definition) is 4. The van der Waals surface area contributed by atoms with Crippen LogP contribution in [0.5, 0.6) is 0 Å². The summed E-state index contributed by atoms with van der Waals surface area (Å²) in [5, 5.41) is 2.49. The second-order valence-electron chi connectivity index (χ2n) is 6.88. The van der Waals surface area contributed by atoms with Crippen LogP contribution in [0.2, 0.25) is 0 Å². The molecule has 1 fully saturated rings. The molecule has 1 atom stereocenters. The van der Waals surface area contributed by atoms with Gasteiger partial charge in [-0.1, -0.05) is 13.0 Å². The quantitative estimate of drug-likeness (QED) is 0.866. The van der Waals surface area contributed by atoms with Gasteiger partial charge in [0.1, 0.15) is 17.3 Å². The minimum atomic E-state index is -4.47. The first-order valence-corrected chi connectivity index (χ1v) is 8.81. The van der Waals surface area contributed by atoms with E-state index in [-0.39, 0.29) is 11.4 Å². The maximum absolute atomic E-state index is 12.8. The standard InChI is InChI=1S/C19H21F3N4O/c1-12-5-4-8-26(11-12)17-10-16(23-13(2)24-17)18(27)25-15-7-3-6-14(9-15)19(20,21)22/h3,6-7,9-10,12H,4-5,8,11H2,1-2H3,(H,25,27). The van der Waals surface area contributed by atoms with Gasteiger partial charge in [0.2, 0.25) is 0 Å². The van der Waals surface area contributed by atoms with Gasteiger partial charge in [0, 0.05) is 24.8 Å². The van der Waals surface area contributed by atoms with Crippen molar-refractivity contribution < 1.29 is 18.0 Å². The molecule has 8 heteroatoms. The van der Waals surface area contributed by atoms with Crippen molar-refractivity contribution in [2.75, 3.05) is 23.3 Å². The number of alkyl halides is 3. The Kier molecular flexibility index (Phi) is 5.34. The van der Waals surface area contributed by atoms with Crippen LogP contribution >= 0.6 is 0 Å². The summed E-state index contributed by atoms with van der Waals surface area (Å²) in [5.74, 6) is 1.09. The fraction of sp³-hybridized carbons (Fsp3) is 0.421. The Bertz CT molecular complexity index is 838. The monoisotopic (exact) mass is 378 g/mol. The minimum absolute atomic E-state index is 0.0687. The van der Waals surface area contributed by atoms with Crippen LogP contribution in [-0.2, 0) is 6.18 Å². The molecule has 2 heterocycles. The average Bonchev–Trinajstić information content (AvgIpc) is 2.60. The Morgan fingerprint density at radius 3 is 2.74 bits per heavy atom. The van der Waals surface area contributed by atoms with E-state index in [0.29, 0.717) is 17.6 Å². The first-order chi connectivity index (χ1) is 12.7. The number of aryl methyl sites for hydroxylation is 1. The van der Waals surface area contributed by atoms with Gasteiger partial charge in [0.25, 0.3) is 5.91 Å². The number of halogens is 3. The number of hydrogen-bond donors (Lipinski definition) is 1. The van der Waals surface area contributed by atoms with Crippen LogP contribution in [0.4, 0.5) is 24.7 Å². The third-order valence-corrected chi connectivity index (χ3v) is 4.49. The fourth-order valence-electron chi connectivity index (χ4n) is 3.20. The Balaban J connectivity index is 1.81. The highest BCUT2D eigenvalue weighted by molar-refractivity contribution is 6.03. The number of piperidine rings is 1. The van der Waals surface area contributed by atoms with Crippen molar-refractivity contribution in [2.45, 2.75) is 32.9 Å². The molecule has 144 valence electrons. The van der Waals surface area contributed by atoms with E-state index < -0.39 is 17.6 Å². The normalized spacial score (nSPS) is 17.7. The number of carbonyl (C=O) groups is 1. The van der Waals surface area contributed by atoms with Gasteiger partial charge in [-0.25, -0.2) is 9.97 Å². The summed E-state index contributed by atoms with van der Waals surface area (Å²) in [7, 11) is 0. The molecule has 1 aliphatic heterocycles. The van der Waals surface area contributed by atoms with E-state index in [1.165, 1.54) is 12.1 Å². The second kappa shape index (κ2) is 7.54. The predicted octanol–water partition coefficient (Wildman–Crippen LogP) is 4.29. The van der Waals surface area contributed by atoms with Crippen LogP contribution in [0.3, 0.4) is 0 Å². The van der Waals surface area contributed by atoms with Gasteiger partial charge < -0.3 is 10.2 Å². The van der Waals surface area contributed by atoms with Crippen molar-refractivity contribution >= 4 is 17.4 Å². The molecular weight excluding hydrogens is 357 g/mol. The smallest absolute Gasteiger partial charge is 0.356 e. The molecule has 0 spiro atoms. The second-order valence-corrected chi connectivity index (χ2v) is 6.88. The first-order valence-electron chi connectivity index (χ1n) is 8.81. The zero-order chi connectivity index (χ0) is 19.6. The van der Waals surface area contributed by atoms with Gasteiger partial charge in [-0.05, 0) is 43.9 Å². The highest BCUT2D eigenvalue weighted by Gasteiger charge is 2.30. The Morgan fingerprint density at radius 1 is 1.26 bits per heavy atom. The van der Waals surface area contributed by atoms with E-state index in [1.807, 2.05) is 0 Å². The molecule has 5 nitrogen and oxygen atoms in total. The summed E-state index contributed by atoms with van der Waals surface area (Å²) in [4.78, 5) is 23.2. The van der Waals surface area contributed by atoms with E-state index in [2.05, 4.69) is 27.1 Å². The molecule has 0 aliphatic carbocycles. The lowest BCUT2D eigenvalue weighted by molar-refractivity contribution is -0.137. The van der Waals surface area contributed by atoms with Crippen molar-refractivity contribution in [3.8, 4) is 0 Å². The largest absolute Gasteiger partial charge is 0.416 e. The maximum Gasteiger partial charge on any atom is 0.416 e. The highest BCUT2D eigenvalue weighted by atomic mass is 19.4. The van der Waals surface area contributed by atoms with Crippen molar-refractivity contribution in [1.29, 1.82) is 0 Å². The molecule has 1 N–H and O–H groups in total. The topological polar surface area (TPSA) is 58.1 Å². The number of anilines is 2. The minimum Gasteiger partial charge on any atom is -0.356 e. The van der Waals surface area contributed by atoms with E-state index >= 15 is 0 Å².